The van der Waals surface area contributed by atoms with Gasteiger partial charge in [0.05, 0.1) is 12.5 Å². The van der Waals surface area contributed by atoms with E-state index in [-0.39, 0.29) is 41.8 Å². The number of nitrogens with one attached hydrogen (secondary N) is 1. The van der Waals surface area contributed by atoms with Gasteiger partial charge in [-0.15, -0.1) is 24.0 Å². The van der Waals surface area contributed by atoms with Crippen LogP contribution in [0, 0.1) is 5.92 Å². The minimum Gasteiger partial charge on any atom is -0.466 e. The third-order valence-electron chi connectivity index (χ3n) is 4.77. The van der Waals surface area contributed by atoms with Gasteiger partial charge in [0.1, 0.15) is 0 Å². The Labute approximate surface area is 173 Å². The number of esters is 1. The van der Waals surface area contributed by atoms with Crippen LogP contribution < -0.4 is 5.32 Å². The summed E-state index contributed by atoms with van der Waals surface area (Å²) in [5.41, 5.74) is 0. The Morgan fingerprint density at radius 1 is 1.27 bits per heavy atom. The van der Waals surface area contributed by atoms with Crippen molar-refractivity contribution in [3.63, 3.8) is 0 Å². The number of amides is 1. The molecule has 2 rings (SSSR count). The van der Waals surface area contributed by atoms with Crippen LogP contribution in [-0.2, 0) is 14.3 Å². The van der Waals surface area contributed by atoms with Gasteiger partial charge in [-0.05, 0) is 39.5 Å². The zero-order valence-corrected chi connectivity index (χ0v) is 18.4. The number of nitrogens with zero attached hydrogens (tertiary/aromatic N) is 3. The van der Waals surface area contributed by atoms with Crippen LogP contribution in [0.5, 0.6) is 0 Å². The molecule has 0 aromatic carbocycles. The number of aliphatic imine (C=N–C) groups is 1. The summed E-state index contributed by atoms with van der Waals surface area (Å²) in [7, 11) is 0. The molecule has 8 heteroatoms. The highest BCUT2D eigenvalue weighted by Gasteiger charge is 2.27. The maximum atomic E-state index is 11.8. The molecule has 26 heavy (non-hydrogen) atoms. The summed E-state index contributed by atoms with van der Waals surface area (Å²) in [6.45, 7) is 9.22. The quantitative estimate of drug-likeness (QED) is 0.198. The van der Waals surface area contributed by atoms with Gasteiger partial charge in [0.2, 0.25) is 5.91 Å². The molecule has 150 valence electrons. The molecule has 7 nitrogen and oxygen atoms in total. The number of ether oxygens (including phenoxy) is 1. The van der Waals surface area contributed by atoms with Crippen LogP contribution in [0.1, 0.15) is 46.0 Å². The van der Waals surface area contributed by atoms with Gasteiger partial charge in [-0.3, -0.25) is 14.6 Å². The van der Waals surface area contributed by atoms with Gasteiger partial charge in [-0.25, -0.2) is 0 Å². The van der Waals surface area contributed by atoms with Crippen molar-refractivity contribution in [1.82, 2.24) is 15.1 Å². The van der Waals surface area contributed by atoms with E-state index in [1.807, 2.05) is 11.8 Å². The van der Waals surface area contributed by atoms with Gasteiger partial charge in [0.25, 0.3) is 0 Å². The summed E-state index contributed by atoms with van der Waals surface area (Å²) in [5.74, 6) is 1.13. The summed E-state index contributed by atoms with van der Waals surface area (Å²) in [6.07, 6.45) is 4.19. The van der Waals surface area contributed by atoms with E-state index >= 15 is 0 Å². The average molecular weight is 480 g/mol. The van der Waals surface area contributed by atoms with Crippen molar-refractivity contribution in [3.05, 3.63) is 0 Å². The molecule has 1 N–H and O–H groups in total. The maximum Gasteiger partial charge on any atom is 0.309 e. The molecule has 0 unspecified atom stereocenters. The number of piperidine rings is 1. The summed E-state index contributed by atoms with van der Waals surface area (Å²) in [4.78, 5) is 32.3. The van der Waals surface area contributed by atoms with Gasteiger partial charge < -0.3 is 19.9 Å². The molecule has 0 saturated carbocycles. The number of carbonyl (C=O) groups excluding carboxylic acids is 2. The molecule has 0 aromatic heterocycles. The lowest BCUT2D eigenvalue weighted by molar-refractivity contribution is -0.149. The van der Waals surface area contributed by atoms with E-state index in [2.05, 4.69) is 17.1 Å². The zero-order valence-electron chi connectivity index (χ0n) is 16.0. The van der Waals surface area contributed by atoms with Gasteiger partial charge in [0.15, 0.2) is 5.96 Å². The van der Waals surface area contributed by atoms with E-state index in [1.54, 1.807) is 0 Å². The third-order valence-corrected chi connectivity index (χ3v) is 4.77. The second-order valence-electron chi connectivity index (χ2n) is 6.59. The van der Waals surface area contributed by atoms with Crippen molar-refractivity contribution in [2.24, 2.45) is 10.9 Å². The van der Waals surface area contributed by atoms with Crippen molar-refractivity contribution in [2.45, 2.75) is 46.0 Å². The van der Waals surface area contributed by atoms with Crippen LogP contribution in [0.25, 0.3) is 0 Å². The Morgan fingerprint density at radius 2 is 2.00 bits per heavy atom. The third kappa shape index (κ3) is 6.92. The molecule has 2 aliphatic heterocycles. The molecule has 0 radical (unpaired) electrons. The van der Waals surface area contributed by atoms with Crippen LogP contribution in [0.2, 0.25) is 0 Å². The van der Waals surface area contributed by atoms with Crippen molar-refractivity contribution >= 4 is 41.8 Å². The first kappa shape index (κ1) is 23.0. The van der Waals surface area contributed by atoms with E-state index in [0.717, 1.165) is 64.4 Å². The Hall–Kier alpha value is -1.06. The van der Waals surface area contributed by atoms with E-state index in [4.69, 9.17) is 9.73 Å². The Morgan fingerprint density at radius 3 is 2.58 bits per heavy atom. The minimum atomic E-state index is -0.0700. The number of hydrogen-bond donors (Lipinski definition) is 1. The maximum absolute atomic E-state index is 11.8. The highest BCUT2D eigenvalue weighted by molar-refractivity contribution is 14.0. The van der Waals surface area contributed by atoms with Crippen LogP contribution in [0.15, 0.2) is 4.99 Å². The lowest BCUT2D eigenvalue weighted by Gasteiger charge is -2.33. The first-order chi connectivity index (χ1) is 12.2. The Kier molecular flexibility index (Phi) is 10.9. The molecule has 1 amide bonds. The zero-order chi connectivity index (χ0) is 18.1. The van der Waals surface area contributed by atoms with Gasteiger partial charge in [-0.1, -0.05) is 0 Å². The normalized spacial score (nSPS) is 18.7. The molecule has 2 heterocycles. The number of guanidine groups is 1. The topological polar surface area (TPSA) is 74.2 Å². The molecule has 2 saturated heterocycles. The highest BCUT2D eigenvalue weighted by atomic mass is 127. The molecule has 0 aliphatic carbocycles. The lowest BCUT2D eigenvalue weighted by Crippen LogP contribution is -2.46. The molecule has 0 spiro atoms. The SMILES string of the molecule is CCNC(=NCCCN1CCCC1=O)N1CCC(C(=O)OCC)CC1.I. The van der Waals surface area contributed by atoms with Crippen LogP contribution >= 0.6 is 24.0 Å². The molecule has 2 fully saturated rings. The molecule has 0 atom stereocenters. The molecule has 0 bridgehead atoms. The Bertz CT molecular complexity index is 479. The van der Waals surface area contributed by atoms with Crippen LogP contribution in [0.4, 0.5) is 0 Å². The van der Waals surface area contributed by atoms with Crippen molar-refractivity contribution in [2.75, 3.05) is 45.9 Å². The number of carbonyl (C=O) groups is 2. The summed E-state index contributed by atoms with van der Waals surface area (Å²) >= 11 is 0. The fraction of sp³-hybridized carbons (Fsp3) is 0.833. The van der Waals surface area contributed by atoms with E-state index in [1.165, 1.54) is 0 Å². The smallest absolute Gasteiger partial charge is 0.309 e. The van der Waals surface area contributed by atoms with E-state index < -0.39 is 0 Å². The molecule has 2 aliphatic rings. The standard InChI is InChI=1S/C18H32N4O3.HI/c1-3-19-18(20-10-6-12-21-11-5-7-16(21)23)22-13-8-15(9-14-22)17(24)25-4-2;/h15H,3-14H2,1-2H3,(H,19,20);1H. The predicted molar refractivity (Wildman–Crippen MR) is 113 cm³/mol. The number of likely N-dealkylation sites (tertiary alicyclic amines) is 2. The monoisotopic (exact) mass is 480 g/mol. The number of rotatable bonds is 7. The van der Waals surface area contributed by atoms with E-state index in [0.29, 0.717) is 19.6 Å². The first-order valence-corrected chi connectivity index (χ1v) is 9.63. The largest absolute Gasteiger partial charge is 0.466 e. The number of halogens is 1. The number of hydrogen-bond acceptors (Lipinski definition) is 4. The highest BCUT2D eigenvalue weighted by Crippen LogP contribution is 2.18. The molecular weight excluding hydrogens is 447 g/mol. The van der Waals surface area contributed by atoms with Gasteiger partial charge in [0, 0.05) is 45.7 Å². The first-order valence-electron chi connectivity index (χ1n) is 9.63. The average Bonchev–Trinajstić information content (AvgIpc) is 3.03. The fourth-order valence-corrected chi connectivity index (χ4v) is 3.40. The molecular formula is C18H33IN4O3. The Balaban J connectivity index is 0.00000338. The van der Waals surface area contributed by atoms with Gasteiger partial charge in [-0.2, -0.15) is 0 Å². The summed E-state index contributed by atoms with van der Waals surface area (Å²) < 4.78 is 5.13. The lowest BCUT2D eigenvalue weighted by atomic mass is 9.97. The van der Waals surface area contributed by atoms with Crippen LogP contribution in [-0.4, -0.2) is 73.5 Å². The second-order valence-corrected chi connectivity index (χ2v) is 6.59. The second kappa shape index (κ2) is 12.3. The van der Waals surface area contributed by atoms with Crippen molar-refractivity contribution in [1.29, 1.82) is 0 Å². The summed E-state index contributed by atoms with van der Waals surface area (Å²) in [5, 5.41) is 3.34. The van der Waals surface area contributed by atoms with Crippen molar-refractivity contribution < 1.29 is 14.3 Å². The van der Waals surface area contributed by atoms with E-state index in [9.17, 15) is 9.59 Å². The predicted octanol–water partition coefficient (Wildman–Crippen LogP) is 1.86. The molecule has 0 aromatic rings. The van der Waals surface area contributed by atoms with Crippen molar-refractivity contribution in [3.8, 4) is 0 Å². The van der Waals surface area contributed by atoms with Crippen LogP contribution in [0.3, 0.4) is 0 Å². The summed E-state index contributed by atoms with van der Waals surface area (Å²) in [6, 6.07) is 0. The fourth-order valence-electron chi connectivity index (χ4n) is 3.40. The van der Waals surface area contributed by atoms with Gasteiger partial charge >= 0.3 is 5.97 Å². The minimum absolute atomic E-state index is 0.